The maximum Gasteiger partial charge on any atom is 0.257 e. The summed E-state index contributed by atoms with van der Waals surface area (Å²) < 4.78 is 2.73. The van der Waals surface area contributed by atoms with Crippen molar-refractivity contribution in [2.24, 2.45) is 7.05 Å². The molecule has 27 heavy (non-hydrogen) atoms. The lowest BCUT2D eigenvalue weighted by molar-refractivity contribution is 0.102. The quantitative estimate of drug-likeness (QED) is 0.472. The maximum atomic E-state index is 13.1. The summed E-state index contributed by atoms with van der Waals surface area (Å²) in [5.74, 6) is 0.543. The summed E-state index contributed by atoms with van der Waals surface area (Å²) in [6.45, 7) is 1.95. The second-order valence-electron chi connectivity index (χ2n) is 6.42. The van der Waals surface area contributed by atoms with Crippen LogP contribution < -0.4 is 5.32 Å². The Bertz CT molecular complexity index is 1140. The summed E-state index contributed by atoms with van der Waals surface area (Å²) in [6, 6.07) is 21.7. The van der Waals surface area contributed by atoms with Gasteiger partial charge in [-0.25, -0.2) is 0 Å². The zero-order chi connectivity index (χ0) is 19.0. The van der Waals surface area contributed by atoms with Crippen molar-refractivity contribution < 1.29 is 4.79 Å². The molecule has 4 aromatic rings. The molecule has 0 bridgehead atoms. The molecule has 0 saturated carbocycles. The molecule has 0 aliphatic carbocycles. The third-order valence-electron chi connectivity index (χ3n) is 4.62. The van der Waals surface area contributed by atoms with E-state index >= 15 is 0 Å². The standard InChI is InChI=1S/C22H18BrN3O/c1-14-20(16-10-12-17(23)13-11-16)21(26(2)25-14)24-22(27)19-9-5-7-15-6-3-4-8-18(15)19/h3-13H,1-2H3,(H,24,27). The smallest absolute Gasteiger partial charge is 0.257 e. The third kappa shape index (κ3) is 3.26. The first-order valence-electron chi connectivity index (χ1n) is 8.63. The van der Waals surface area contributed by atoms with E-state index in [0.29, 0.717) is 11.4 Å². The van der Waals surface area contributed by atoms with Crippen molar-refractivity contribution in [3.63, 3.8) is 0 Å². The van der Waals surface area contributed by atoms with E-state index in [2.05, 4.69) is 26.3 Å². The van der Waals surface area contributed by atoms with Gasteiger partial charge < -0.3 is 5.32 Å². The van der Waals surface area contributed by atoms with Crippen LogP contribution >= 0.6 is 15.9 Å². The molecule has 0 aliphatic heterocycles. The SMILES string of the molecule is Cc1nn(C)c(NC(=O)c2cccc3ccccc23)c1-c1ccc(Br)cc1. The highest BCUT2D eigenvalue weighted by Gasteiger charge is 2.19. The zero-order valence-corrected chi connectivity index (χ0v) is 16.6. The first-order valence-corrected chi connectivity index (χ1v) is 9.42. The van der Waals surface area contributed by atoms with Crippen molar-refractivity contribution in [2.75, 3.05) is 5.32 Å². The van der Waals surface area contributed by atoms with Gasteiger partial charge in [0.15, 0.2) is 0 Å². The van der Waals surface area contributed by atoms with Crippen molar-refractivity contribution in [3.8, 4) is 11.1 Å². The Balaban J connectivity index is 1.76. The fraction of sp³-hybridized carbons (Fsp3) is 0.0909. The number of rotatable bonds is 3. The number of carbonyl (C=O) groups is 1. The monoisotopic (exact) mass is 419 g/mol. The second kappa shape index (κ2) is 7.00. The van der Waals surface area contributed by atoms with Crippen LogP contribution in [0.3, 0.4) is 0 Å². The van der Waals surface area contributed by atoms with Gasteiger partial charge in [-0.15, -0.1) is 0 Å². The van der Waals surface area contributed by atoms with Crippen molar-refractivity contribution in [1.82, 2.24) is 9.78 Å². The van der Waals surface area contributed by atoms with Gasteiger partial charge in [0.2, 0.25) is 0 Å². The zero-order valence-electron chi connectivity index (χ0n) is 15.0. The van der Waals surface area contributed by atoms with E-state index in [1.165, 1.54) is 0 Å². The fourth-order valence-corrected chi connectivity index (χ4v) is 3.63. The average Bonchev–Trinajstić information content (AvgIpc) is 2.95. The average molecular weight is 420 g/mol. The molecule has 0 saturated heterocycles. The predicted octanol–water partition coefficient (Wildman–Crippen LogP) is 5.56. The van der Waals surface area contributed by atoms with Gasteiger partial charge in [-0.3, -0.25) is 9.48 Å². The lowest BCUT2D eigenvalue weighted by atomic mass is 10.0. The van der Waals surface area contributed by atoms with E-state index in [4.69, 9.17) is 0 Å². The Kier molecular flexibility index (Phi) is 4.54. The fourth-order valence-electron chi connectivity index (χ4n) is 3.36. The summed E-state index contributed by atoms with van der Waals surface area (Å²) in [7, 11) is 1.84. The molecule has 134 valence electrons. The van der Waals surface area contributed by atoms with Gasteiger partial charge in [0, 0.05) is 22.6 Å². The van der Waals surface area contributed by atoms with Gasteiger partial charge >= 0.3 is 0 Å². The number of halogens is 1. The molecule has 0 radical (unpaired) electrons. The third-order valence-corrected chi connectivity index (χ3v) is 5.15. The molecule has 1 aromatic heterocycles. The Labute approximate surface area is 166 Å². The molecule has 4 nitrogen and oxygen atoms in total. The Morgan fingerprint density at radius 3 is 2.48 bits per heavy atom. The summed E-state index contributed by atoms with van der Waals surface area (Å²) >= 11 is 3.46. The molecule has 4 rings (SSSR count). The van der Waals surface area contributed by atoms with Crippen LogP contribution in [0.4, 0.5) is 5.82 Å². The Hall–Kier alpha value is -2.92. The second-order valence-corrected chi connectivity index (χ2v) is 7.34. The van der Waals surface area contributed by atoms with Crippen LogP contribution in [-0.2, 0) is 7.05 Å². The number of amides is 1. The first kappa shape index (κ1) is 17.5. The summed E-state index contributed by atoms with van der Waals surface area (Å²) in [5, 5.41) is 9.55. The molecule has 0 aliphatic rings. The van der Waals surface area contributed by atoms with Crippen LogP contribution in [0, 0.1) is 6.92 Å². The highest BCUT2D eigenvalue weighted by Crippen LogP contribution is 2.32. The van der Waals surface area contributed by atoms with Gasteiger partial charge in [-0.1, -0.05) is 64.5 Å². The van der Waals surface area contributed by atoms with Gasteiger partial charge in [-0.05, 0) is 41.5 Å². The molecule has 0 unspecified atom stereocenters. The summed E-state index contributed by atoms with van der Waals surface area (Å²) in [4.78, 5) is 13.1. The summed E-state index contributed by atoms with van der Waals surface area (Å²) in [5.41, 5.74) is 3.46. The van der Waals surface area contributed by atoms with E-state index in [1.807, 2.05) is 80.7 Å². The normalized spacial score (nSPS) is 10.9. The number of carbonyl (C=O) groups excluding carboxylic acids is 1. The Morgan fingerprint density at radius 2 is 1.70 bits per heavy atom. The van der Waals surface area contributed by atoms with Gasteiger partial charge in [0.05, 0.1) is 5.69 Å². The minimum atomic E-state index is -0.145. The van der Waals surface area contributed by atoms with Crippen molar-refractivity contribution >= 4 is 38.4 Å². The lowest BCUT2D eigenvalue weighted by Crippen LogP contribution is -2.15. The van der Waals surface area contributed by atoms with Gasteiger partial charge in [0.25, 0.3) is 5.91 Å². The Morgan fingerprint density at radius 1 is 1.00 bits per heavy atom. The number of nitrogens with one attached hydrogen (secondary N) is 1. The minimum absolute atomic E-state index is 0.145. The number of hydrogen-bond acceptors (Lipinski definition) is 2. The van der Waals surface area contributed by atoms with Crippen molar-refractivity contribution in [1.29, 1.82) is 0 Å². The van der Waals surface area contributed by atoms with Crippen molar-refractivity contribution in [3.05, 3.63) is 82.5 Å². The van der Waals surface area contributed by atoms with Gasteiger partial charge in [-0.2, -0.15) is 5.10 Å². The molecule has 0 spiro atoms. The van der Waals surface area contributed by atoms with E-state index in [-0.39, 0.29) is 5.91 Å². The van der Waals surface area contributed by atoms with E-state index in [0.717, 1.165) is 32.1 Å². The van der Waals surface area contributed by atoms with Crippen LogP contribution in [0.5, 0.6) is 0 Å². The number of aryl methyl sites for hydroxylation is 2. The van der Waals surface area contributed by atoms with Crippen LogP contribution in [0.2, 0.25) is 0 Å². The lowest BCUT2D eigenvalue weighted by Gasteiger charge is -2.11. The molecule has 1 heterocycles. The minimum Gasteiger partial charge on any atom is -0.306 e. The highest BCUT2D eigenvalue weighted by molar-refractivity contribution is 9.10. The molecule has 1 amide bonds. The van der Waals surface area contributed by atoms with Crippen LogP contribution in [0.25, 0.3) is 21.9 Å². The number of aromatic nitrogens is 2. The van der Waals surface area contributed by atoms with Crippen LogP contribution in [0.1, 0.15) is 16.1 Å². The topological polar surface area (TPSA) is 46.9 Å². The maximum absolute atomic E-state index is 13.1. The van der Waals surface area contributed by atoms with Gasteiger partial charge in [0.1, 0.15) is 5.82 Å². The number of fused-ring (bicyclic) bond motifs is 1. The molecule has 1 N–H and O–H groups in total. The molecule has 3 aromatic carbocycles. The number of hydrogen-bond donors (Lipinski definition) is 1. The molecular weight excluding hydrogens is 402 g/mol. The number of benzene rings is 3. The number of nitrogens with zero attached hydrogens (tertiary/aromatic N) is 2. The largest absolute Gasteiger partial charge is 0.306 e. The van der Waals surface area contributed by atoms with Crippen LogP contribution in [-0.4, -0.2) is 15.7 Å². The highest BCUT2D eigenvalue weighted by atomic mass is 79.9. The van der Waals surface area contributed by atoms with Crippen molar-refractivity contribution in [2.45, 2.75) is 6.92 Å². The summed E-state index contributed by atoms with van der Waals surface area (Å²) in [6.07, 6.45) is 0. The first-order chi connectivity index (χ1) is 13.0. The molecule has 5 heteroatoms. The molecule has 0 fully saturated rings. The van der Waals surface area contributed by atoms with Crippen LogP contribution in [0.15, 0.2) is 71.2 Å². The molecular formula is C22H18BrN3O. The van der Waals surface area contributed by atoms with E-state index in [1.54, 1.807) is 4.68 Å². The predicted molar refractivity (Wildman–Crippen MR) is 113 cm³/mol. The molecule has 0 atom stereocenters. The van der Waals surface area contributed by atoms with E-state index < -0.39 is 0 Å². The van der Waals surface area contributed by atoms with E-state index in [9.17, 15) is 4.79 Å². The number of anilines is 1.